The summed E-state index contributed by atoms with van der Waals surface area (Å²) in [5.41, 5.74) is 5.25. The molecule has 2 rings (SSSR count). The lowest BCUT2D eigenvalue weighted by Gasteiger charge is -2.34. The fourth-order valence-corrected chi connectivity index (χ4v) is 1.76. The SMILES string of the molecule is NC(=O)c1[nH]cnc1[C@@H]1OC[C@@H](O)[C@H](O)[C@H]1O. The van der Waals surface area contributed by atoms with Crippen LogP contribution in [0.15, 0.2) is 6.33 Å². The number of aromatic amines is 1. The van der Waals surface area contributed by atoms with Crippen molar-refractivity contribution in [1.82, 2.24) is 9.97 Å². The highest BCUT2D eigenvalue weighted by atomic mass is 16.5. The molecule has 94 valence electrons. The van der Waals surface area contributed by atoms with Crippen LogP contribution in [0, 0.1) is 0 Å². The van der Waals surface area contributed by atoms with E-state index in [2.05, 4.69) is 9.97 Å². The second-order valence-electron chi connectivity index (χ2n) is 3.83. The maximum atomic E-state index is 11.1. The summed E-state index contributed by atoms with van der Waals surface area (Å²) in [4.78, 5) is 17.4. The molecular formula is C9H13N3O5. The number of nitrogens with one attached hydrogen (secondary N) is 1. The Morgan fingerprint density at radius 2 is 2.18 bits per heavy atom. The molecule has 1 aliphatic rings. The maximum Gasteiger partial charge on any atom is 0.267 e. The van der Waals surface area contributed by atoms with Crippen molar-refractivity contribution in [3.8, 4) is 0 Å². The number of carbonyl (C=O) groups excluding carboxylic acids is 1. The molecular weight excluding hydrogens is 230 g/mol. The third kappa shape index (κ3) is 2.03. The molecule has 0 radical (unpaired) electrons. The second kappa shape index (κ2) is 4.41. The van der Waals surface area contributed by atoms with Gasteiger partial charge in [0, 0.05) is 0 Å². The summed E-state index contributed by atoms with van der Waals surface area (Å²) in [5.74, 6) is -0.742. The van der Waals surface area contributed by atoms with Gasteiger partial charge in [0.05, 0.1) is 12.9 Å². The number of primary amides is 1. The van der Waals surface area contributed by atoms with E-state index in [0.29, 0.717) is 0 Å². The summed E-state index contributed by atoms with van der Waals surface area (Å²) in [6, 6.07) is 0. The average Bonchev–Trinajstić information content (AvgIpc) is 2.75. The molecule has 0 unspecified atom stereocenters. The van der Waals surface area contributed by atoms with Gasteiger partial charge >= 0.3 is 0 Å². The number of nitrogens with two attached hydrogens (primary N) is 1. The van der Waals surface area contributed by atoms with Gasteiger partial charge in [0.1, 0.15) is 35.8 Å². The number of nitrogens with zero attached hydrogens (tertiary/aromatic N) is 1. The van der Waals surface area contributed by atoms with Gasteiger partial charge in [-0.2, -0.15) is 0 Å². The number of aromatic nitrogens is 2. The largest absolute Gasteiger partial charge is 0.388 e. The van der Waals surface area contributed by atoms with Gasteiger partial charge in [0.25, 0.3) is 5.91 Å². The Hall–Kier alpha value is -1.48. The average molecular weight is 243 g/mol. The molecule has 0 aromatic carbocycles. The van der Waals surface area contributed by atoms with Crippen molar-refractivity contribution in [2.24, 2.45) is 5.73 Å². The van der Waals surface area contributed by atoms with Gasteiger partial charge in [0.2, 0.25) is 0 Å². The Kier molecular flexibility index (Phi) is 3.11. The van der Waals surface area contributed by atoms with E-state index in [9.17, 15) is 20.1 Å². The molecule has 0 aliphatic carbocycles. The third-order valence-corrected chi connectivity index (χ3v) is 2.69. The van der Waals surface area contributed by atoms with Gasteiger partial charge in [-0.1, -0.05) is 0 Å². The lowest BCUT2D eigenvalue weighted by atomic mass is 9.97. The molecule has 0 bridgehead atoms. The van der Waals surface area contributed by atoms with Crippen molar-refractivity contribution in [2.45, 2.75) is 24.4 Å². The summed E-state index contributed by atoms with van der Waals surface area (Å²) in [6.07, 6.45) is -3.66. The smallest absolute Gasteiger partial charge is 0.267 e. The van der Waals surface area contributed by atoms with Crippen LogP contribution < -0.4 is 5.73 Å². The minimum Gasteiger partial charge on any atom is -0.388 e. The molecule has 1 aromatic rings. The topological polar surface area (TPSA) is 142 Å². The van der Waals surface area contributed by atoms with Crippen molar-refractivity contribution in [3.05, 3.63) is 17.7 Å². The first-order chi connectivity index (χ1) is 8.02. The fraction of sp³-hybridized carbons (Fsp3) is 0.556. The van der Waals surface area contributed by atoms with Gasteiger partial charge in [-0.05, 0) is 0 Å². The van der Waals surface area contributed by atoms with Gasteiger partial charge in [-0.15, -0.1) is 0 Å². The molecule has 8 nitrogen and oxygen atoms in total. The van der Waals surface area contributed by atoms with Gasteiger partial charge in [0.15, 0.2) is 0 Å². The van der Waals surface area contributed by atoms with E-state index in [4.69, 9.17) is 10.5 Å². The molecule has 4 atom stereocenters. The molecule has 1 fully saturated rings. The first-order valence-corrected chi connectivity index (χ1v) is 5.01. The zero-order valence-corrected chi connectivity index (χ0v) is 8.78. The minimum atomic E-state index is -1.37. The molecule has 1 amide bonds. The van der Waals surface area contributed by atoms with Crippen LogP contribution in [0.4, 0.5) is 0 Å². The Labute approximate surface area is 96.0 Å². The van der Waals surface area contributed by atoms with Crippen LogP contribution in [0.3, 0.4) is 0 Å². The van der Waals surface area contributed by atoms with Crippen LogP contribution in [-0.2, 0) is 4.74 Å². The fourth-order valence-electron chi connectivity index (χ4n) is 1.76. The minimum absolute atomic E-state index is 0.0117. The molecule has 0 saturated carbocycles. The number of hydrogen-bond acceptors (Lipinski definition) is 6. The number of aliphatic hydroxyl groups is 3. The zero-order valence-electron chi connectivity index (χ0n) is 8.78. The summed E-state index contributed by atoms with van der Waals surface area (Å²) >= 11 is 0. The molecule has 0 spiro atoms. The van der Waals surface area contributed by atoms with Crippen molar-refractivity contribution in [2.75, 3.05) is 6.61 Å². The van der Waals surface area contributed by atoms with E-state index in [1.807, 2.05) is 0 Å². The summed E-state index contributed by atoms with van der Waals surface area (Å²) in [6.45, 7) is -0.159. The third-order valence-electron chi connectivity index (χ3n) is 2.69. The van der Waals surface area contributed by atoms with E-state index >= 15 is 0 Å². The number of ether oxygens (including phenoxy) is 1. The number of aliphatic hydroxyl groups excluding tert-OH is 3. The Bertz CT molecular complexity index is 421. The van der Waals surface area contributed by atoms with E-state index in [0.717, 1.165) is 0 Å². The summed E-state index contributed by atoms with van der Waals surface area (Å²) in [7, 11) is 0. The Morgan fingerprint density at radius 1 is 1.47 bits per heavy atom. The summed E-state index contributed by atoms with van der Waals surface area (Å²) in [5, 5.41) is 28.5. The number of imidazole rings is 1. The molecule has 8 heteroatoms. The highest BCUT2D eigenvalue weighted by molar-refractivity contribution is 5.92. The van der Waals surface area contributed by atoms with Crippen molar-refractivity contribution in [3.63, 3.8) is 0 Å². The molecule has 2 heterocycles. The van der Waals surface area contributed by atoms with E-state index in [1.54, 1.807) is 0 Å². The van der Waals surface area contributed by atoms with Gasteiger partial charge in [-0.25, -0.2) is 4.98 Å². The van der Waals surface area contributed by atoms with Crippen molar-refractivity contribution < 1.29 is 24.9 Å². The van der Waals surface area contributed by atoms with Crippen LogP contribution in [0.25, 0.3) is 0 Å². The van der Waals surface area contributed by atoms with Crippen LogP contribution in [0.1, 0.15) is 22.3 Å². The van der Waals surface area contributed by atoms with E-state index < -0.39 is 30.3 Å². The van der Waals surface area contributed by atoms with Gasteiger partial charge in [-0.3, -0.25) is 4.79 Å². The van der Waals surface area contributed by atoms with Crippen molar-refractivity contribution >= 4 is 5.91 Å². The Balaban J connectivity index is 2.28. The highest BCUT2D eigenvalue weighted by Crippen LogP contribution is 2.29. The lowest BCUT2D eigenvalue weighted by molar-refractivity contribution is -0.190. The first kappa shape index (κ1) is 12.0. The molecule has 1 aliphatic heterocycles. The lowest BCUT2D eigenvalue weighted by Crippen LogP contribution is -2.49. The van der Waals surface area contributed by atoms with Gasteiger partial charge < -0.3 is 30.8 Å². The predicted molar refractivity (Wildman–Crippen MR) is 53.8 cm³/mol. The number of rotatable bonds is 2. The van der Waals surface area contributed by atoms with Crippen LogP contribution in [0.5, 0.6) is 0 Å². The standard InChI is InChI=1S/C9H13N3O5/c10-9(16)5-4(11-2-12-5)8-7(15)6(14)3(13)1-17-8/h2-3,6-8,13-15H,1H2,(H2,10,16)(H,11,12)/t3-,6+,7-,8+/m1/s1. The maximum absolute atomic E-state index is 11.1. The van der Waals surface area contributed by atoms with Crippen LogP contribution >= 0.6 is 0 Å². The molecule has 17 heavy (non-hydrogen) atoms. The highest BCUT2D eigenvalue weighted by Gasteiger charge is 2.40. The number of carbonyl (C=O) groups is 1. The number of H-pyrrole nitrogens is 1. The number of hydrogen-bond donors (Lipinski definition) is 5. The van der Waals surface area contributed by atoms with Crippen LogP contribution in [-0.4, -0.2) is 56.1 Å². The number of amides is 1. The molecule has 6 N–H and O–H groups in total. The molecule has 1 aromatic heterocycles. The van der Waals surface area contributed by atoms with E-state index in [1.165, 1.54) is 6.33 Å². The summed E-state index contributed by atoms with van der Waals surface area (Å²) < 4.78 is 5.16. The first-order valence-electron chi connectivity index (χ1n) is 5.01. The second-order valence-corrected chi connectivity index (χ2v) is 3.83. The normalized spacial score (nSPS) is 33.6. The Morgan fingerprint density at radius 3 is 2.82 bits per heavy atom. The zero-order chi connectivity index (χ0) is 12.6. The predicted octanol–water partition coefficient (Wildman–Crippen LogP) is -2.34. The molecule has 1 saturated heterocycles. The van der Waals surface area contributed by atoms with Crippen LogP contribution in [0.2, 0.25) is 0 Å². The van der Waals surface area contributed by atoms with Crippen molar-refractivity contribution in [1.29, 1.82) is 0 Å². The van der Waals surface area contributed by atoms with E-state index in [-0.39, 0.29) is 18.0 Å². The monoisotopic (exact) mass is 243 g/mol. The quantitative estimate of drug-likeness (QED) is 0.394.